The molecular formula is C16H29ClN2O. The van der Waals surface area contributed by atoms with Crippen LogP contribution in [0.2, 0.25) is 0 Å². The summed E-state index contributed by atoms with van der Waals surface area (Å²) in [6, 6.07) is 0.330. The van der Waals surface area contributed by atoms with Crippen molar-refractivity contribution in [3.05, 3.63) is 0 Å². The topological polar surface area (TPSA) is 46.3 Å². The molecule has 0 radical (unpaired) electrons. The number of carbonyl (C=O) groups is 1. The quantitative estimate of drug-likeness (QED) is 0.852. The van der Waals surface area contributed by atoms with E-state index in [0.29, 0.717) is 24.4 Å². The first-order valence-electron chi connectivity index (χ1n) is 8.30. The van der Waals surface area contributed by atoms with Gasteiger partial charge in [-0.3, -0.25) is 4.79 Å². The SMILES string of the molecule is Cl.NCC1CCCN1C(=O)C1CCC2CCCCC2C1. The fourth-order valence-corrected chi connectivity index (χ4v) is 4.70. The third kappa shape index (κ3) is 3.14. The van der Waals surface area contributed by atoms with Crippen LogP contribution < -0.4 is 5.73 Å². The van der Waals surface area contributed by atoms with Crippen molar-refractivity contribution in [1.29, 1.82) is 0 Å². The average molecular weight is 301 g/mol. The Morgan fingerprint density at radius 1 is 1.00 bits per heavy atom. The number of nitrogens with zero attached hydrogens (tertiary/aromatic N) is 1. The standard InChI is InChI=1S/C16H28N2O.ClH/c17-11-15-6-3-9-18(15)16(19)14-8-7-12-4-1-2-5-13(12)10-14;/h12-15H,1-11,17H2;1H. The number of halogens is 1. The van der Waals surface area contributed by atoms with Gasteiger partial charge in [0.1, 0.15) is 0 Å². The zero-order chi connectivity index (χ0) is 13.2. The molecule has 4 atom stereocenters. The first-order chi connectivity index (χ1) is 9.29. The van der Waals surface area contributed by atoms with Gasteiger partial charge in [-0.05, 0) is 43.9 Å². The Balaban J connectivity index is 0.00000147. The number of rotatable bonds is 2. The van der Waals surface area contributed by atoms with Crippen LogP contribution >= 0.6 is 12.4 Å². The minimum Gasteiger partial charge on any atom is -0.338 e. The van der Waals surface area contributed by atoms with E-state index in [1.165, 1.54) is 32.1 Å². The molecule has 3 rings (SSSR count). The van der Waals surface area contributed by atoms with Gasteiger partial charge in [-0.2, -0.15) is 0 Å². The Bertz CT molecular complexity index is 336. The fourth-order valence-electron chi connectivity index (χ4n) is 4.70. The summed E-state index contributed by atoms with van der Waals surface area (Å²) in [7, 11) is 0. The van der Waals surface area contributed by atoms with E-state index in [0.717, 1.165) is 44.1 Å². The summed E-state index contributed by atoms with van der Waals surface area (Å²) in [5, 5.41) is 0. The van der Waals surface area contributed by atoms with E-state index in [4.69, 9.17) is 5.73 Å². The maximum absolute atomic E-state index is 12.7. The summed E-state index contributed by atoms with van der Waals surface area (Å²) in [6.07, 6.45) is 11.4. The molecule has 2 saturated carbocycles. The average Bonchev–Trinajstić information content (AvgIpc) is 2.94. The largest absolute Gasteiger partial charge is 0.338 e. The molecule has 2 N–H and O–H groups in total. The Morgan fingerprint density at radius 3 is 2.50 bits per heavy atom. The lowest BCUT2D eigenvalue weighted by atomic mass is 9.67. The lowest BCUT2D eigenvalue weighted by molar-refractivity contribution is -0.138. The molecule has 3 aliphatic rings. The van der Waals surface area contributed by atoms with Gasteiger partial charge in [0.05, 0.1) is 0 Å². The van der Waals surface area contributed by atoms with E-state index in [9.17, 15) is 4.79 Å². The number of likely N-dealkylation sites (tertiary alicyclic amines) is 1. The smallest absolute Gasteiger partial charge is 0.225 e. The molecule has 3 fully saturated rings. The second kappa shape index (κ2) is 7.13. The monoisotopic (exact) mass is 300 g/mol. The van der Waals surface area contributed by atoms with Gasteiger partial charge in [0.15, 0.2) is 0 Å². The van der Waals surface area contributed by atoms with Crippen LogP contribution in [-0.2, 0) is 4.79 Å². The summed E-state index contributed by atoms with van der Waals surface area (Å²) < 4.78 is 0. The first-order valence-corrected chi connectivity index (χ1v) is 8.30. The van der Waals surface area contributed by atoms with Gasteiger partial charge < -0.3 is 10.6 Å². The van der Waals surface area contributed by atoms with E-state index in [-0.39, 0.29) is 12.4 Å². The molecule has 0 spiro atoms. The second-order valence-corrected chi connectivity index (χ2v) is 6.88. The van der Waals surface area contributed by atoms with Gasteiger partial charge in [-0.15, -0.1) is 12.4 Å². The number of hydrogen-bond donors (Lipinski definition) is 1. The first kappa shape index (κ1) is 16.1. The highest BCUT2D eigenvalue weighted by Gasteiger charge is 2.38. The maximum Gasteiger partial charge on any atom is 0.225 e. The van der Waals surface area contributed by atoms with Gasteiger partial charge in [0, 0.05) is 25.0 Å². The fraction of sp³-hybridized carbons (Fsp3) is 0.938. The van der Waals surface area contributed by atoms with Crippen LogP contribution in [-0.4, -0.2) is 29.9 Å². The lowest BCUT2D eigenvalue weighted by Gasteiger charge is -2.40. The second-order valence-electron chi connectivity index (χ2n) is 6.88. The highest BCUT2D eigenvalue weighted by atomic mass is 35.5. The van der Waals surface area contributed by atoms with E-state index < -0.39 is 0 Å². The molecule has 4 heteroatoms. The van der Waals surface area contributed by atoms with Crippen molar-refractivity contribution in [2.75, 3.05) is 13.1 Å². The molecular weight excluding hydrogens is 272 g/mol. The molecule has 2 aliphatic carbocycles. The number of hydrogen-bond acceptors (Lipinski definition) is 2. The molecule has 0 bridgehead atoms. The minimum atomic E-state index is 0. The maximum atomic E-state index is 12.7. The van der Waals surface area contributed by atoms with Crippen LogP contribution in [0.25, 0.3) is 0 Å². The zero-order valence-corrected chi connectivity index (χ0v) is 13.2. The normalized spacial score (nSPS) is 37.1. The molecule has 4 unspecified atom stereocenters. The number of nitrogens with two attached hydrogens (primary N) is 1. The molecule has 20 heavy (non-hydrogen) atoms. The highest BCUT2D eigenvalue weighted by Crippen LogP contribution is 2.43. The third-order valence-electron chi connectivity index (χ3n) is 5.82. The lowest BCUT2D eigenvalue weighted by Crippen LogP contribution is -2.45. The van der Waals surface area contributed by atoms with Crippen molar-refractivity contribution in [2.24, 2.45) is 23.5 Å². The van der Waals surface area contributed by atoms with E-state index >= 15 is 0 Å². The zero-order valence-electron chi connectivity index (χ0n) is 12.4. The predicted octanol–water partition coefficient (Wildman–Crippen LogP) is 2.96. The number of amides is 1. The summed E-state index contributed by atoms with van der Waals surface area (Å²) in [6.45, 7) is 1.59. The molecule has 1 aliphatic heterocycles. The van der Waals surface area contributed by atoms with Crippen molar-refractivity contribution in [3.8, 4) is 0 Å². The van der Waals surface area contributed by atoms with Crippen molar-refractivity contribution in [1.82, 2.24) is 4.90 Å². The van der Waals surface area contributed by atoms with Crippen molar-refractivity contribution in [3.63, 3.8) is 0 Å². The van der Waals surface area contributed by atoms with Gasteiger partial charge in [0.25, 0.3) is 0 Å². The van der Waals surface area contributed by atoms with Crippen LogP contribution in [0.1, 0.15) is 57.8 Å². The van der Waals surface area contributed by atoms with Crippen molar-refractivity contribution < 1.29 is 4.79 Å². The molecule has 1 amide bonds. The molecule has 0 aromatic rings. The van der Waals surface area contributed by atoms with Gasteiger partial charge in [-0.25, -0.2) is 0 Å². The Labute approximate surface area is 129 Å². The van der Waals surface area contributed by atoms with Crippen LogP contribution in [0.5, 0.6) is 0 Å². The van der Waals surface area contributed by atoms with Crippen molar-refractivity contribution >= 4 is 18.3 Å². The molecule has 3 nitrogen and oxygen atoms in total. The van der Waals surface area contributed by atoms with E-state index in [1.807, 2.05) is 0 Å². The Hall–Kier alpha value is -0.280. The third-order valence-corrected chi connectivity index (χ3v) is 5.82. The van der Waals surface area contributed by atoms with E-state index in [2.05, 4.69) is 4.90 Å². The molecule has 0 aromatic heterocycles. The summed E-state index contributed by atoms with van der Waals surface area (Å²) in [4.78, 5) is 14.8. The van der Waals surface area contributed by atoms with Gasteiger partial charge >= 0.3 is 0 Å². The van der Waals surface area contributed by atoms with Crippen LogP contribution in [0.15, 0.2) is 0 Å². The Kier molecular flexibility index (Phi) is 5.74. The molecule has 116 valence electrons. The molecule has 1 saturated heterocycles. The number of fused-ring (bicyclic) bond motifs is 1. The Morgan fingerprint density at radius 2 is 1.75 bits per heavy atom. The summed E-state index contributed by atoms with van der Waals surface area (Å²) in [5.41, 5.74) is 5.80. The highest BCUT2D eigenvalue weighted by molar-refractivity contribution is 5.85. The van der Waals surface area contributed by atoms with E-state index in [1.54, 1.807) is 0 Å². The van der Waals surface area contributed by atoms with Crippen LogP contribution in [0, 0.1) is 17.8 Å². The predicted molar refractivity (Wildman–Crippen MR) is 83.8 cm³/mol. The molecule has 0 aromatic carbocycles. The van der Waals surface area contributed by atoms with Crippen molar-refractivity contribution in [2.45, 2.75) is 63.8 Å². The van der Waals surface area contributed by atoms with Gasteiger partial charge in [-0.1, -0.05) is 25.7 Å². The van der Waals surface area contributed by atoms with Crippen LogP contribution in [0.4, 0.5) is 0 Å². The number of carbonyl (C=O) groups excluding carboxylic acids is 1. The summed E-state index contributed by atoms with van der Waals surface area (Å²) >= 11 is 0. The molecule has 1 heterocycles. The van der Waals surface area contributed by atoms with Gasteiger partial charge in [0.2, 0.25) is 5.91 Å². The summed E-state index contributed by atoms with van der Waals surface area (Å²) in [5.74, 6) is 2.51. The van der Waals surface area contributed by atoms with Crippen LogP contribution in [0.3, 0.4) is 0 Å². The minimum absolute atomic E-state index is 0.